The maximum absolute atomic E-state index is 10.8. The monoisotopic (exact) mass is 165 g/mol. The van der Waals surface area contributed by atoms with E-state index in [1.54, 1.807) is 0 Å². The molecule has 1 rings (SSSR count). The summed E-state index contributed by atoms with van der Waals surface area (Å²) in [6.45, 7) is 0. The van der Waals surface area contributed by atoms with Crippen molar-refractivity contribution in [1.82, 2.24) is 0 Å². The van der Waals surface area contributed by atoms with Gasteiger partial charge in [-0.05, 0) is 0 Å². The Balaban J connectivity index is 3.04. The van der Waals surface area contributed by atoms with Gasteiger partial charge in [-0.15, -0.1) is 5.75 Å². The second kappa shape index (κ2) is 3.04. The molecule has 12 heavy (non-hydrogen) atoms. The van der Waals surface area contributed by atoms with E-state index < -0.39 is 11.8 Å². The van der Waals surface area contributed by atoms with E-state index >= 15 is 0 Å². The van der Waals surface area contributed by atoms with Crippen LogP contribution in [0.25, 0.3) is 0 Å². The summed E-state index contributed by atoms with van der Waals surface area (Å²) in [5.74, 6) is -2.99. The first-order valence-electron chi connectivity index (χ1n) is 3.16. The van der Waals surface area contributed by atoms with Crippen LogP contribution in [0.5, 0.6) is 5.75 Å². The van der Waals surface area contributed by atoms with Gasteiger partial charge in [-0.1, -0.05) is 24.3 Å². The predicted molar refractivity (Wildman–Crippen MR) is 37.9 cm³/mol. The Morgan fingerprint density at radius 1 is 1.33 bits per heavy atom. The van der Waals surface area contributed by atoms with Gasteiger partial charge in [0.05, 0.1) is 0 Å². The van der Waals surface area contributed by atoms with E-state index in [-0.39, 0.29) is 11.3 Å². The van der Waals surface area contributed by atoms with Crippen LogP contribution >= 0.6 is 0 Å². The number of benzene rings is 1. The summed E-state index contributed by atoms with van der Waals surface area (Å²) in [6, 6.07) is 4.88. The van der Waals surface area contributed by atoms with Crippen LogP contribution in [0.1, 0.15) is 10.4 Å². The van der Waals surface area contributed by atoms with Gasteiger partial charge >= 0.3 is 5.97 Å². The average molecular weight is 165 g/mol. The molecule has 0 saturated carbocycles. The minimum atomic E-state index is -1.55. The van der Waals surface area contributed by atoms with Crippen LogP contribution in [0.3, 0.4) is 0 Å². The lowest BCUT2D eigenvalue weighted by atomic mass is 10.1. The van der Waals surface area contributed by atoms with E-state index in [0.717, 1.165) is 6.07 Å². The molecule has 0 amide bonds. The largest absolute Gasteiger partial charge is 0.872 e. The van der Waals surface area contributed by atoms with Gasteiger partial charge in [0.1, 0.15) is 0 Å². The fraction of sp³-hybridized carbons (Fsp3) is 0. The van der Waals surface area contributed by atoms with Gasteiger partial charge in [-0.3, -0.25) is 4.79 Å². The summed E-state index contributed by atoms with van der Waals surface area (Å²) in [7, 11) is 0. The smallest absolute Gasteiger partial charge is 0.377 e. The van der Waals surface area contributed by atoms with Crippen LogP contribution in [-0.2, 0) is 4.79 Å². The number of carbonyl (C=O) groups excluding carboxylic acids is 1. The molecule has 0 heterocycles. The van der Waals surface area contributed by atoms with Crippen LogP contribution in [0.15, 0.2) is 24.3 Å². The van der Waals surface area contributed by atoms with Crippen molar-refractivity contribution in [1.29, 1.82) is 0 Å². The Morgan fingerprint density at radius 3 is 2.50 bits per heavy atom. The Bertz CT molecular complexity index is 330. The fourth-order valence-corrected chi connectivity index (χ4v) is 0.761. The molecule has 0 atom stereocenters. The summed E-state index contributed by atoms with van der Waals surface area (Å²) in [5.41, 5.74) is -0.0880. The van der Waals surface area contributed by atoms with Crippen molar-refractivity contribution in [2.24, 2.45) is 0 Å². The first-order valence-corrected chi connectivity index (χ1v) is 3.16. The molecule has 0 spiro atoms. The topological polar surface area (TPSA) is 77.4 Å². The van der Waals surface area contributed by atoms with Crippen LogP contribution in [-0.4, -0.2) is 16.9 Å². The molecule has 62 valence electrons. The van der Waals surface area contributed by atoms with Crippen molar-refractivity contribution >= 4 is 11.8 Å². The van der Waals surface area contributed by atoms with Crippen LogP contribution in [0.2, 0.25) is 0 Å². The first-order chi connectivity index (χ1) is 5.61. The molecule has 1 aromatic rings. The Labute approximate surface area is 68.1 Å². The van der Waals surface area contributed by atoms with Gasteiger partial charge in [0.25, 0.3) is 5.78 Å². The molecular formula is C8H5O4-. The number of aliphatic carboxylic acids is 1. The standard InChI is InChI=1S/C8H6O4/c9-6-3-1-2-5(4-6)7(10)8(11)12/h1-4,9H,(H,11,12)/p-1. The number of ketones is 1. The minimum absolute atomic E-state index is 0.0880. The van der Waals surface area contributed by atoms with Crippen LogP contribution < -0.4 is 5.11 Å². The lowest BCUT2D eigenvalue weighted by molar-refractivity contribution is -0.268. The Hall–Kier alpha value is -1.84. The molecule has 0 saturated heterocycles. The zero-order chi connectivity index (χ0) is 9.14. The molecule has 0 aliphatic carbocycles. The Kier molecular flexibility index (Phi) is 2.09. The highest BCUT2D eigenvalue weighted by atomic mass is 16.4. The maximum atomic E-state index is 10.8. The van der Waals surface area contributed by atoms with E-state index in [2.05, 4.69) is 0 Å². The summed E-state index contributed by atoms with van der Waals surface area (Å²) in [5, 5.41) is 18.9. The summed E-state index contributed by atoms with van der Waals surface area (Å²) in [4.78, 5) is 20.9. The minimum Gasteiger partial charge on any atom is -0.872 e. The highest BCUT2D eigenvalue weighted by molar-refractivity contribution is 6.39. The summed E-state index contributed by atoms with van der Waals surface area (Å²) >= 11 is 0. The quantitative estimate of drug-likeness (QED) is 0.495. The van der Waals surface area contributed by atoms with E-state index in [0.29, 0.717) is 0 Å². The number of Topliss-reactive ketones (excluding diaryl/α,β-unsaturated/α-hetero) is 1. The highest BCUT2D eigenvalue weighted by Crippen LogP contribution is 2.08. The normalized spacial score (nSPS) is 9.33. The number of hydrogen-bond donors (Lipinski definition) is 1. The molecule has 0 fully saturated rings. The average Bonchev–Trinajstić information content (AvgIpc) is 2.03. The second-order valence-corrected chi connectivity index (χ2v) is 2.16. The number of rotatable bonds is 2. The van der Waals surface area contributed by atoms with Gasteiger partial charge in [0.15, 0.2) is 0 Å². The SMILES string of the molecule is O=C(O)C(=O)c1cccc([O-])c1. The van der Waals surface area contributed by atoms with Gasteiger partial charge in [-0.25, -0.2) is 4.79 Å². The summed E-state index contributed by atoms with van der Waals surface area (Å²) in [6.07, 6.45) is 0. The third kappa shape index (κ3) is 1.60. The van der Waals surface area contributed by atoms with E-state index in [4.69, 9.17) is 5.11 Å². The predicted octanol–water partition coefficient (Wildman–Crippen LogP) is 0.0275. The third-order valence-corrected chi connectivity index (χ3v) is 1.29. The third-order valence-electron chi connectivity index (χ3n) is 1.29. The Morgan fingerprint density at radius 2 is 2.00 bits per heavy atom. The van der Waals surface area contributed by atoms with Crippen molar-refractivity contribution < 1.29 is 19.8 Å². The van der Waals surface area contributed by atoms with Gasteiger partial charge in [0.2, 0.25) is 0 Å². The van der Waals surface area contributed by atoms with Crippen LogP contribution in [0, 0.1) is 0 Å². The molecule has 4 nitrogen and oxygen atoms in total. The number of carboxylic acids is 1. The molecular weight excluding hydrogens is 160 g/mol. The van der Waals surface area contributed by atoms with Crippen molar-refractivity contribution in [2.75, 3.05) is 0 Å². The first kappa shape index (κ1) is 8.26. The lowest BCUT2D eigenvalue weighted by Gasteiger charge is -2.04. The molecule has 0 bridgehead atoms. The number of carboxylic acid groups (broad SMARTS) is 1. The maximum Gasteiger partial charge on any atom is 0.377 e. The molecule has 1 N–H and O–H groups in total. The van der Waals surface area contributed by atoms with E-state index in [9.17, 15) is 14.7 Å². The van der Waals surface area contributed by atoms with Gasteiger partial charge in [-0.2, -0.15) is 0 Å². The van der Waals surface area contributed by atoms with E-state index in [1.165, 1.54) is 18.2 Å². The van der Waals surface area contributed by atoms with Gasteiger partial charge < -0.3 is 10.2 Å². The zero-order valence-electron chi connectivity index (χ0n) is 5.98. The number of carbonyl (C=O) groups is 2. The molecule has 0 radical (unpaired) electrons. The highest BCUT2D eigenvalue weighted by Gasteiger charge is 2.12. The van der Waals surface area contributed by atoms with Crippen molar-refractivity contribution in [3.8, 4) is 5.75 Å². The van der Waals surface area contributed by atoms with E-state index in [1.807, 2.05) is 0 Å². The van der Waals surface area contributed by atoms with Crippen molar-refractivity contribution in [3.63, 3.8) is 0 Å². The van der Waals surface area contributed by atoms with Gasteiger partial charge in [0, 0.05) is 5.56 Å². The molecule has 4 heteroatoms. The molecule has 1 aromatic carbocycles. The van der Waals surface area contributed by atoms with Crippen molar-refractivity contribution in [2.45, 2.75) is 0 Å². The van der Waals surface area contributed by atoms with Crippen LogP contribution in [0.4, 0.5) is 0 Å². The molecule has 0 aromatic heterocycles. The second-order valence-electron chi connectivity index (χ2n) is 2.16. The summed E-state index contributed by atoms with van der Waals surface area (Å²) < 4.78 is 0. The van der Waals surface area contributed by atoms with Crippen molar-refractivity contribution in [3.05, 3.63) is 29.8 Å². The fourth-order valence-electron chi connectivity index (χ4n) is 0.761. The lowest BCUT2D eigenvalue weighted by Crippen LogP contribution is -2.12. The zero-order valence-corrected chi connectivity index (χ0v) is 5.98. The molecule has 0 aliphatic rings. The molecule has 0 aliphatic heterocycles. The number of hydrogen-bond acceptors (Lipinski definition) is 3. The molecule has 0 unspecified atom stereocenters.